The number of ether oxygens (including phenoxy) is 1. The molecule has 5 heteroatoms. The van der Waals surface area contributed by atoms with Crippen LogP contribution in [0.1, 0.15) is 39.0 Å². The number of carbonyl (C=O) groups is 2. The highest BCUT2D eigenvalue weighted by Gasteiger charge is 2.21. The predicted molar refractivity (Wildman–Crippen MR) is 62.8 cm³/mol. The fraction of sp³-hybridized carbons (Fsp3) is 0.833. The van der Waals surface area contributed by atoms with Gasteiger partial charge in [-0.05, 0) is 38.5 Å². The maximum atomic E-state index is 11.1. The monoisotopic (exact) mass is 243 g/mol. The summed E-state index contributed by atoms with van der Waals surface area (Å²) in [6, 6.07) is 0. The van der Waals surface area contributed by atoms with Gasteiger partial charge in [0.2, 0.25) is 0 Å². The number of hydrogen-bond acceptors (Lipinski definition) is 3. The third kappa shape index (κ3) is 5.06. The highest BCUT2D eigenvalue weighted by Crippen LogP contribution is 2.22. The lowest BCUT2D eigenvalue weighted by Gasteiger charge is -2.29. The van der Waals surface area contributed by atoms with Crippen LogP contribution in [0.25, 0.3) is 0 Å². The van der Waals surface area contributed by atoms with Crippen LogP contribution in [0.5, 0.6) is 0 Å². The molecule has 1 rings (SSSR count). The molecule has 0 spiro atoms. The normalized spacial score (nSPS) is 16.9. The summed E-state index contributed by atoms with van der Waals surface area (Å²) in [6.45, 7) is 3.49. The van der Waals surface area contributed by atoms with E-state index in [1.165, 1.54) is 4.90 Å². The molecule has 0 unspecified atom stereocenters. The Hall–Kier alpha value is -1.26. The Balaban J connectivity index is 2.10. The van der Waals surface area contributed by atoms with Gasteiger partial charge in [0.05, 0.1) is 6.61 Å². The van der Waals surface area contributed by atoms with E-state index in [0.29, 0.717) is 32.0 Å². The van der Waals surface area contributed by atoms with Crippen molar-refractivity contribution in [2.75, 3.05) is 19.7 Å². The van der Waals surface area contributed by atoms with Gasteiger partial charge < -0.3 is 14.7 Å². The molecule has 1 fully saturated rings. The zero-order chi connectivity index (χ0) is 12.7. The van der Waals surface area contributed by atoms with Crippen LogP contribution in [0, 0.1) is 5.92 Å². The molecule has 0 aliphatic carbocycles. The van der Waals surface area contributed by atoms with Gasteiger partial charge in [-0.15, -0.1) is 0 Å². The van der Waals surface area contributed by atoms with E-state index in [9.17, 15) is 9.59 Å². The van der Waals surface area contributed by atoms with Crippen LogP contribution in [0.15, 0.2) is 0 Å². The molecule has 1 saturated heterocycles. The van der Waals surface area contributed by atoms with Gasteiger partial charge in [0.15, 0.2) is 0 Å². The Morgan fingerprint density at radius 3 is 2.53 bits per heavy atom. The van der Waals surface area contributed by atoms with E-state index >= 15 is 0 Å². The summed E-state index contributed by atoms with van der Waals surface area (Å²) in [6.07, 6.45) is 3.31. The van der Waals surface area contributed by atoms with Gasteiger partial charge in [0.1, 0.15) is 0 Å². The minimum Gasteiger partial charge on any atom is -0.466 e. The highest BCUT2D eigenvalue weighted by molar-refractivity contribution is 5.69. The number of esters is 1. The lowest BCUT2D eigenvalue weighted by Crippen LogP contribution is -2.37. The Bertz CT molecular complexity index is 259. The zero-order valence-electron chi connectivity index (χ0n) is 10.4. The summed E-state index contributed by atoms with van der Waals surface area (Å²) in [5.74, 6) is 0.426. The number of rotatable bonds is 5. The molecule has 0 aromatic carbocycles. The third-order valence-corrected chi connectivity index (χ3v) is 3.18. The van der Waals surface area contributed by atoms with Crippen LogP contribution in [0.3, 0.4) is 0 Å². The van der Waals surface area contributed by atoms with Gasteiger partial charge in [0, 0.05) is 19.5 Å². The minimum atomic E-state index is -0.824. The van der Waals surface area contributed by atoms with Crippen LogP contribution < -0.4 is 0 Å². The maximum absolute atomic E-state index is 11.1. The van der Waals surface area contributed by atoms with E-state index in [4.69, 9.17) is 9.84 Å². The summed E-state index contributed by atoms with van der Waals surface area (Å²) in [5, 5.41) is 8.80. The smallest absolute Gasteiger partial charge is 0.407 e. The van der Waals surface area contributed by atoms with Crippen molar-refractivity contribution in [2.24, 2.45) is 5.92 Å². The van der Waals surface area contributed by atoms with Crippen LogP contribution >= 0.6 is 0 Å². The Labute approximate surface area is 102 Å². The van der Waals surface area contributed by atoms with Crippen LogP contribution in [0.2, 0.25) is 0 Å². The number of amides is 1. The summed E-state index contributed by atoms with van der Waals surface area (Å²) in [5.41, 5.74) is 0. The van der Waals surface area contributed by atoms with Gasteiger partial charge in [-0.1, -0.05) is 0 Å². The van der Waals surface area contributed by atoms with E-state index in [2.05, 4.69) is 0 Å². The van der Waals surface area contributed by atoms with Gasteiger partial charge in [-0.2, -0.15) is 0 Å². The number of nitrogens with zero attached hydrogens (tertiary/aromatic N) is 1. The average molecular weight is 243 g/mol. The first kappa shape index (κ1) is 13.8. The second-order valence-electron chi connectivity index (χ2n) is 4.41. The Kier molecular flexibility index (Phi) is 5.80. The molecular weight excluding hydrogens is 222 g/mol. The Morgan fingerprint density at radius 2 is 2.00 bits per heavy atom. The second kappa shape index (κ2) is 7.14. The van der Waals surface area contributed by atoms with Crippen molar-refractivity contribution in [1.82, 2.24) is 4.90 Å². The fourth-order valence-corrected chi connectivity index (χ4v) is 2.18. The van der Waals surface area contributed by atoms with Gasteiger partial charge in [0.25, 0.3) is 0 Å². The van der Waals surface area contributed by atoms with E-state index in [1.54, 1.807) is 6.92 Å². The molecule has 0 aromatic rings. The molecular formula is C12H21NO4. The summed E-state index contributed by atoms with van der Waals surface area (Å²) < 4.78 is 4.85. The van der Waals surface area contributed by atoms with E-state index in [1.807, 2.05) is 0 Å². The molecule has 5 nitrogen and oxygen atoms in total. The molecule has 1 N–H and O–H groups in total. The van der Waals surface area contributed by atoms with Crippen molar-refractivity contribution >= 4 is 12.1 Å². The molecule has 17 heavy (non-hydrogen) atoms. The predicted octanol–water partition coefficient (Wildman–Crippen LogP) is 2.11. The van der Waals surface area contributed by atoms with Crippen molar-refractivity contribution < 1.29 is 19.4 Å². The molecule has 1 aliphatic rings. The number of hydrogen-bond donors (Lipinski definition) is 1. The zero-order valence-corrected chi connectivity index (χ0v) is 10.4. The van der Waals surface area contributed by atoms with Crippen molar-refractivity contribution in [3.63, 3.8) is 0 Å². The molecule has 1 heterocycles. The fourth-order valence-electron chi connectivity index (χ4n) is 2.18. The molecule has 1 amide bonds. The largest absolute Gasteiger partial charge is 0.466 e. The summed E-state index contributed by atoms with van der Waals surface area (Å²) in [7, 11) is 0. The highest BCUT2D eigenvalue weighted by atomic mass is 16.5. The third-order valence-electron chi connectivity index (χ3n) is 3.18. The number of carbonyl (C=O) groups excluding carboxylic acids is 1. The molecule has 0 aromatic heterocycles. The van der Waals surface area contributed by atoms with E-state index < -0.39 is 6.09 Å². The van der Waals surface area contributed by atoms with Gasteiger partial charge in [-0.3, -0.25) is 4.79 Å². The van der Waals surface area contributed by atoms with Gasteiger partial charge in [-0.25, -0.2) is 4.79 Å². The molecule has 0 bridgehead atoms. The van der Waals surface area contributed by atoms with E-state index in [-0.39, 0.29) is 5.97 Å². The lowest BCUT2D eigenvalue weighted by atomic mass is 9.92. The van der Waals surface area contributed by atoms with Crippen LogP contribution in [0.4, 0.5) is 4.79 Å². The molecule has 0 radical (unpaired) electrons. The van der Waals surface area contributed by atoms with Crippen molar-refractivity contribution in [1.29, 1.82) is 0 Å². The SMILES string of the molecule is CCOC(=O)CCCC1CCN(C(=O)O)CC1. The molecule has 0 saturated carbocycles. The second-order valence-corrected chi connectivity index (χ2v) is 4.41. The number of likely N-dealkylation sites (tertiary alicyclic amines) is 1. The molecule has 98 valence electrons. The van der Waals surface area contributed by atoms with Crippen LogP contribution in [-0.2, 0) is 9.53 Å². The van der Waals surface area contributed by atoms with E-state index in [0.717, 1.165) is 25.7 Å². The standard InChI is InChI=1S/C12H21NO4/c1-2-17-11(14)5-3-4-10-6-8-13(9-7-10)12(15)16/h10H,2-9H2,1H3,(H,15,16). The van der Waals surface area contributed by atoms with Crippen LogP contribution in [-0.4, -0.2) is 41.8 Å². The molecule has 0 atom stereocenters. The van der Waals surface area contributed by atoms with Gasteiger partial charge >= 0.3 is 12.1 Å². The summed E-state index contributed by atoms with van der Waals surface area (Å²) >= 11 is 0. The van der Waals surface area contributed by atoms with Crippen molar-refractivity contribution in [3.8, 4) is 0 Å². The first-order valence-electron chi connectivity index (χ1n) is 6.27. The first-order valence-corrected chi connectivity index (χ1v) is 6.27. The quantitative estimate of drug-likeness (QED) is 0.751. The maximum Gasteiger partial charge on any atom is 0.407 e. The van der Waals surface area contributed by atoms with Crippen molar-refractivity contribution in [3.05, 3.63) is 0 Å². The lowest BCUT2D eigenvalue weighted by molar-refractivity contribution is -0.143. The topological polar surface area (TPSA) is 66.8 Å². The minimum absolute atomic E-state index is 0.129. The molecule has 1 aliphatic heterocycles. The Morgan fingerprint density at radius 1 is 1.35 bits per heavy atom. The van der Waals surface area contributed by atoms with Crippen molar-refractivity contribution in [2.45, 2.75) is 39.0 Å². The number of carboxylic acid groups (broad SMARTS) is 1. The summed E-state index contributed by atoms with van der Waals surface area (Å²) in [4.78, 5) is 23.3. The number of piperidine rings is 1. The first-order chi connectivity index (χ1) is 8.13. The average Bonchev–Trinajstić information content (AvgIpc) is 2.30.